The van der Waals surface area contributed by atoms with Gasteiger partial charge in [0.1, 0.15) is 18.2 Å². The lowest BCUT2D eigenvalue weighted by atomic mass is 10.2. The van der Waals surface area contributed by atoms with Gasteiger partial charge in [0, 0.05) is 24.7 Å². The van der Waals surface area contributed by atoms with Crippen LogP contribution in [0.4, 0.5) is 9.18 Å². The first-order valence-electron chi connectivity index (χ1n) is 5.09. The van der Waals surface area contributed by atoms with Gasteiger partial charge in [0.2, 0.25) is 0 Å². The summed E-state index contributed by atoms with van der Waals surface area (Å²) in [5.41, 5.74) is 5.30. The number of nitrogens with one attached hydrogen (secondary N) is 1. The minimum Gasteiger partial charge on any atom is -0.497 e. The number of carbonyl (C=O) groups excluding carboxylic acids is 1. The number of ether oxygens (including phenoxy) is 2. The molecule has 6 heteroatoms. The number of hydrogen-bond donors (Lipinski definition) is 2. The highest BCUT2D eigenvalue weighted by Gasteiger charge is 2.03. The zero-order valence-corrected chi connectivity index (χ0v) is 9.53. The lowest BCUT2D eigenvalue weighted by molar-refractivity contribution is 0.157. The van der Waals surface area contributed by atoms with Crippen molar-refractivity contribution in [1.29, 1.82) is 0 Å². The lowest BCUT2D eigenvalue weighted by Crippen LogP contribution is -2.23. The molecule has 94 valence electrons. The fourth-order valence-corrected chi connectivity index (χ4v) is 1.25. The Bertz CT molecular complexity index is 385. The van der Waals surface area contributed by atoms with Gasteiger partial charge >= 0.3 is 6.09 Å². The van der Waals surface area contributed by atoms with Gasteiger partial charge in [-0.2, -0.15) is 0 Å². The molecule has 0 spiro atoms. The van der Waals surface area contributed by atoms with Crippen LogP contribution in [0.1, 0.15) is 5.56 Å². The van der Waals surface area contributed by atoms with E-state index < -0.39 is 6.09 Å². The number of amides is 1. The van der Waals surface area contributed by atoms with Crippen LogP contribution in [0.5, 0.6) is 5.75 Å². The average molecular weight is 242 g/mol. The molecule has 0 atom stereocenters. The molecule has 0 bridgehead atoms. The molecule has 1 rings (SSSR count). The molecule has 17 heavy (non-hydrogen) atoms. The molecular formula is C11H15FN2O3. The topological polar surface area (TPSA) is 73.6 Å². The second-order valence-electron chi connectivity index (χ2n) is 3.30. The minimum atomic E-state index is -0.817. The van der Waals surface area contributed by atoms with Crippen molar-refractivity contribution in [3.8, 4) is 5.75 Å². The molecule has 0 saturated carbocycles. The van der Waals surface area contributed by atoms with Crippen molar-refractivity contribution in [2.45, 2.75) is 6.54 Å². The minimum absolute atomic E-state index is 0.160. The highest BCUT2D eigenvalue weighted by atomic mass is 19.1. The van der Waals surface area contributed by atoms with Gasteiger partial charge in [-0.15, -0.1) is 0 Å². The Balaban J connectivity index is 2.34. The van der Waals surface area contributed by atoms with E-state index in [-0.39, 0.29) is 12.4 Å². The van der Waals surface area contributed by atoms with E-state index in [1.54, 1.807) is 12.1 Å². The molecule has 0 fully saturated rings. The van der Waals surface area contributed by atoms with Gasteiger partial charge < -0.3 is 20.5 Å². The van der Waals surface area contributed by atoms with Crippen molar-refractivity contribution >= 4 is 6.09 Å². The third kappa shape index (κ3) is 4.69. The Morgan fingerprint density at radius 2 is 2.29 bits per heavy atom. The van der Waals surface area contributed by atoms with Crippen molar-refractivity contribution in [3.05, 3.63) is 29.6 Å². The van der Waals surface area contributed by atoms with Gasteiger partial charge in [0.05, 0.1) is 7.11 Å². The maximum absolute atomic E-state index is 13.4. The molecule has 5 nitrogen and oxygen atoms in total. The number of halogens is 1. The quantitative estimate of drug-likeness (QED) is 0.730. The van der Waals surface area contributed by atoms with Crippen molar-refractivity contribution < 1.29 is 18.7 Å². The van der Waals surface area contributed by atoms with Crippen LogP contribution < -0.4 is 15.8 Å². The summed E-state index contributed by atoms with van der Waals surface area (Å²) in [7, 11) is 1.48. The van der Waals surface area contributed by atoms with E-state index in [0.717, 1.165) is 0 Å². The summed E-state index contributed by atoms with van der Waals surface area (Å²) in [6, 6.07) is 4.63. The van der Waals surface area contributed by atoms with E-state index in [4.69, 9.17) is 10.5 Å². The normalized spacial score (nSPS) is 10.0. The molecule has 0 aliphatic heterocycles. The summed E-state index contributed by atoms with van der Waals surface area (Å²) in [5, 5.41) is 2.92. The van der Waals surface area contributed by atoms with Crippen LogP contribution in [0.3, 0.4) is 0 Å². The fourth-order valence-electron chi connectivity index (χ4n) is 1.25. The predicted molar refractivity (Wildman–Crippen MR) is 60.2 cm³/mol. The van der Waals surface area contributed by atoms with Gasteiger partial charge in [-0.3, -0.25) is 0 Å². The molecule has 0 saturated heterocycles. The van der Waals surface area contributed by atoms with Crippen LogP contribution in [0.15, 0.2) is 18.2 Å². The van der Waals surface area contributed by atoms with E-state index >= 15 is 0 Å². The molecule has 0 heterocycles. The van der Waals surface area contributed by atoms with Crippen molar-refractivity contribution in [3.63, 3.8) is 0 Å². The number of rotatable bonds is 6. The molecule has 1 amide bonds. The molecule has 1 aromatic rings. The predicted octanol–water partition coefficient (Wildman–Crippen LogP) is 1.02. The Kier molecular flexibility index (Phi) is 5.22. The number of nitrogens with two attached hydrogens (primary N) is 1. The molecule has 0 aromatic heterocycles. The molecule has 0 radical (unpaired) electrons. The first-order valence-corrected chi connectivity index (χ1v) is 5.09. The van der Waals surface area contributed by atoms with Crippen LogP contribution in [0.2, 0.25) is 0 Å². The Morgan fingerprint density at radius 3 is 2.88 bits per heavy atom. The van der Waals surface area contributed by atoms with Crippen LogP contribution in [0, 0.1) is 5.82 Å². The standard InChI is InChI=1S/C11H15FN2O3/c1-16-9-3-2-8(10(12)6-9)7-14-4-5-17-11(13)15/h2-3,6,14H,4-5,7H2,1H3,(H2,13,15). The van der Waals surface area contributed by atoms with Crippen molar-refractivity contribution in [2.75, 3.05) is 20.3 Å². The fraction of sp³-hybridized carbons (Fsp3) is 0.364. The summed E-state index contributed by atoms with van der Waals surface area (Å²) in [5.74, 6) is 0.135. The summed E-state index contributed by atoms with van der Waals surface area (Å²) in [6.45, 7) is 0.916. The summed E-state index contributed by atoms with van der Waals surface area (Å²) in [4.78, 5) is 10.3. The summed E-state index contributed by atoms with van der Waals surface area (Å²) >= 11 is 0. The number of methoxy groups -OCH3 is 1. The van der Waals surface area contributed by atoms with Crippen LogP contribution in [0.25, 0.3) is 0 Å². The summed E-state index contributed by atoms with van der Waals surface area (Å²) in [6.07, 6.45) is -0.817. The molecule has 3 N–H and O–H groups in total. The second-order valence-corrected chi connectivity index (χ2v) is 3.30. The zero-order chi connectivity index (χ0) is 12.7. The number of benzene rings is 1. The SMILES string of the molecule is COc1ccc(CNCCOC(N)=O)c(F)c1. The maximum atomic E-state index is 13.4. The highest BCUT2D eigenvalue weighted by molar-refractivity contribution is 5.64. The molecule has 0 unspecified atom stereocenters. The van der Waals surface area contributed by atoms with E-state index in [1.807, 2.05) is 0 Å². The third-order valence-electron chi connectivity index (χ3n) is 2.10. The largest absolute Gasteiger partial charge is 0.497 e. The molecule has 0 aliphatic carbocycles. The third-order valence-corrected chi connectivity index (χ3v) is 2.10. The van der Waals surface area contributed by atoms with Gasteiger partial charge in [0.15, 0.2) is 0 Å². The Labute approximate surface area is 98.7 Å². The van der Waals surface area contributed by atoms with E-state index in [9.17, 15) is 9.18 Å². The van der Waals surface area contributed by atoms with Gasteiger partial charge in [-0.1, -0.05) is 6.07 Å². The number of hydrogen-bond acceptors (Lipinski definition) is 4. The van der Waals surface area contributed by atoms with E-state index in [1.165, 1.54) is 13.2 Å². The van der Waals surface area contributed by atoms with Crippen molar-refractivity contribution in [2.24, 2.45) is 5.73 Å². The second kappa shape index (κ2) is 6.70. The monoisotopic (exact) mass is 242 g/mol. The lowest BCUT2D eigenvalue weighted by Gasteiger charge is -2.07. The smallest absolute Gasteiger partial charge is 0.404 e. The first kappa shape index (κ1) is 13.2. The average Bonchev–Trinajstić information content (AvgIpc) is 2.30. The van der Waals surface area contributed by atoms with Crippen molar-refractivity contribution in [1.82, 2.24) is 5.32 Å². The Morgan fingerprint density at radius 1 is 1.53 bits per heavy atom. The maximum Gasteiger partial charge on any atom is 0.404 e. The summed E-state index contributed by atoms with van der Waals surface area (Å²) < 4.78 is 22.8. The van der Waals surface area contributed by atoms with E-state index in [0.29, 0.717) is 24.4 Å². The van der Waals surface area contributed by atoms with E-state index in [2.05, 4.69) is 10.1 Å². The van der Waals surface area contributed by atoms with Gasteiger partial charge in [0.25, 0.3) is 0 Å². The molecule has 0 aliphatic rings. The molecular weight excluding hydrogens is 227 g/mol. The highest BCUT2D eigenvalue weighted by Crippen LogP contribution is 2.15. The van der Waals surface area contributed by atoms with Crippen LogP contribution >= 0.6 is 0 Å². The number of carbonyl (C=O) groups is 1. The molecule has 1 aromatic carbocycles. The zero-order valence-electron chi connectivity index (χ0n) is 9.53. The van der Waals surface area contributed by atoms with Crippen LogP contribution in [-0.4, -0.2) is 26.4 Å². The Hall–Kier alpha value is -1.82. The van der Waals surface area contributed by atoms with Gasteiger partial charge in [-0.25, -0.2) is 9.18 Å². The van der Waals surface area contributed by atoms with Gasteiger partial charge in [-0.05, 0) is 6.07 Å². The van der Waals surface area contributed by atoms with Crippen LogP contribution in [-0.2, 0) is 11.3 Å². The first-order chi connectivity index (χ1) is 8.13. The number of primary amides is 1.